The van der Waals surface area contributed by atoms with Gasteiger partial charge in [0.2, 0.25) is 0 Å². The van der Waals surface area contributed by atoms with E-state index in [4.69, 9.17) is 5.73 Å². The number of aromatic amines is 1. The van der Waals surface area contributed by atoms with Gasteiger partial charge < -0.3 is 15.6 Å². The lowest BCUT2D eigenvalue weighted by Gasteiger charge is -2.20. The largest absolute Gasteiger partial charge is 0.353 e. The number of hydrogen-bond donors (Lipinski definition) is 2. The Morgan fingerprint density at radius 1 is 1.15 bits per heavy atom. The molecule has 0 aliphatic rings. The van der Waals surface area contributed by atoms with Gasteiger partial charge >= 0.3 is 0 Å². The molecule has 0 aliphatic carbocycles. The molecule has 3 N–H and O–H groups in total. The molecule has 3 aromatic rings. The topological polar surface area (TPSA) is 83.7 Å². The van der Waals surface area contributed by atoms with Crippen LogP contribution in [0.3, 0.4) is 0 Å². The summed E-state index contributed by atoms with van der Waals surface area (Å²) in [5.41, 5.74) is 9.65. The van der Waals surface area contributed by atoms with E-state index in [1.807, 2.05) is 19.2 Å². The molecule has 6 heteroatoms. The van der Waals surface area contributed by atoms with Gasteiger partial charge in [-0.2, -0.15) is 0 Å². The van der Waals surface area contributed by atoms with E-state index in [0.717, 1.165) is 23.4 Å². The number of nitrogens with zero attached hydrogens (tertiary/aromatic N) is 4. The molecule has 20 heavy (non-hydrogen) atoms. The van der Waals surface area contributed by atoms with Crippen LogP contribution in [0.1, 0.15) is 11.1 Å². The summed E-state index contributed by atoms with van der Waals surface area (Å²) in [7, 11) is 2.00. The zero-order valence-electron chi connectivity index (χ0n) is 11.2. The summed E-state index contributed by atoms with van der Waals surface area (Å²) in [5, 5.41) is 0. The highest BCUT2D eigenvalue weighted by atomic mass is 15.2. The van der Waals surface area contributed by atoms with E-state index in [-0.39, 0.29) is 0 Å². The van der Waals surface area contributed by atoms with Crippen LogP contribution in [0.4, 0.5) is 5.82 Å². The van der Waals surface area contributed by atoms with Crippen LogP contribution < -0.4 is 10.6 Å². The van der Waals surface area contributed by atoms with Crippen LogP contribution in [-0.2, 0) is 13.1 Å². The van der Waals surface area contributed by atoms with Gasteiger partial charge in [-0.05, 0) is 11.1 Å². The quantitative estimate of drug-likeness (QED) is 0.748. The molecule has 3 rings (SSSR count). The molecule has 0 aliphatic heterocycles. The van der Waals surface area contributed by atoms with Gasteiger partial charge in [0.25, 0.3) is 0 Å². The third-order valence-electron chi connectivity index (χ3n) is 3.31. The van der Waals surface area contributed by atoms with Crippen LogP contribution >= 0.6 is 0 Å². The highest BCUT2D eigenvalue weighted by molar-refractivity contribution is 5.82. The van der Waals surface area contributed by atoms with Gasteiger partial charge in [-0.15, -0.1) is 0 Å². The van der Waals surface area contributed by atoms with Gasteiger partial charge in [0.05, 0.1) is 6.33 Å². The summed E-state index contributed by atoms with van der Waals surface area (Å²) < 4.78 is 0. The van der Waals surface area contributed by atoms with E-state index in [9.17, 15) is 0 Å². The SMILES string of the molecule is CN(Cc1ccccc1CN)c1ncnc2nc[nH]c12. The molecule has 102 valence electrons. The Morgan fingerprint density at radius 3 is 2.75 bits per heavy atom. The Hall–Kier alpha value is -2.47. The van der Waals surface area contributed by atoms with Gasteiger partial charge in [0, 0.05) is 20.1 Å². The second-order valence-corrected chi connectivity index (χ2v) is 4.63. The number of fused-ring (bicyclic) bond motifs is 1. The number of aromatic nitrogens is 4. The van der Waals surface area contributed by atoms with Crippen molar-refractivity contribution in [2.24, 2.45) is 5.73 Å². The number of anilines is 1. The minimum Gasteiger partial charge on any atom is -0.353 e. The Balaban J connectivity index is 1.93. The summed E-state index contributed by atoms with van der Waals surface area (Å²) in [4.78, 5) is 17.8. The number of nitrogens with two attached hydrogens (primary N) is 1. The molecule has 0 fully saturated rings. The van der Waals surface area contributed by atoms with Gasteiger partial charge in [-0.1, -0.05) is 24.3 Å². The maximum absolute atomic E-state index is 5.78. The van der Waals surface area contributed by atoms with Crippen LogP contribution in [-0.4, -0.2) is 27.0 Å². The average molecular weight is 268 g/mol. The Bertz CT molecular complexity index is 720. The number of hydrogen-bond acceptors (Lipinski definition) is 5. The molecule has 0 spiro atoms. The van der Waals surface area contributed by atoms with E-state index in [1.54, 1.807) is 6.33 Å². The number of imidazole rings is 1. The molecule has 0 radical (unpaired) electrons. The van der Waals surface area contributed by atoms with Gasteiger partial charge in [0.1, 0.15) is 11.8 Å². The lowest BCUT2D eigenvalue weighted by Crippen LogP contribution is -2.19. The van der Waals surface area contributed by atoms with E-state index in [2.05, 4.69) is 37.0 Å². The Labute approximate surface area is 116 Å². The predicted molar refractivity (Wildman–Crippen MR) is 78.1 cm³/mol. The van der Waals surface area contributed by atoms with Crippen LogP contribution in [0.2, 0.25) is 0 Å². The molecule has 0 bridgehead atoms. The summed E-state index contributed by atoms with van der Waals surface area (Å²) in [6.45, 7) is 1.27. The van der Waals surface area contributed by atoms with Crippen LogP contribution in [0.5, 0.6) is 0 Å². The number of nitrogens with one attached hydrogen (secondary N) is 1. The van der Waals surface area contributed by atoms with Gasteiger partial charge in [0.15, 0.2) is 11.5 Å². The highest BCUT2D eigenvalue weighted by Crippen LogP contribution is 2.21. The van der Waals surface area contributed by atoms with Crippen molar-refractivity contribution >= 4 is 17.0 Å². The van der Waals surface area contributed by atoms with E-state index in [1.165, 1.54) is 11.9 Å². The van der Waals surface area contributed by atoms with Crippen molar-refractivity contribution < 1.29 is 0 Å². The van der Waals surface area contributed by atoms with Crippen molar-refractivity contribution in [2.45, 2.75) is 13.1 Å². The van der Waals surface area contributed by atoms with Crippen molar-refractivity contribution in [1.29, 1.82) is 0 Å². The van der Waals surface area contributed by atoms with Crippen LogP contribution in [0.15, 0.2) is 36.9 Å². The second kappa shape index (κ2) is 5.26. The maximum atomic E-state index is 5.78. The molecule has 0 atom stereocenters. The monoisotopic (exact) mass is 268 g/mol. The number of H-pyrrole nitrogens is 1. The fraction of sp³-hybridized carbons (Fsp3) is 0.214. The summed E-state index contributed by atoms with van der Waals surface area (Å²) in [5.74, 6) is 0.833. The molecule has 6 nitrogen and oxygen atoms in total. The van der Waals surface area contributed by atoms with Crippen LogP contribution in [0.25, 0.3) is 11.2 Å². The highest BCUT2D eigenvalue weighted by Gasteiger charge is 2.11. The van der Waals surface area contributed by atoms with Gasteiger partial charge in [-0.3, -0.25) is 0 Å². The predicted octanol–water partition coefficient (Wildman–Crippen LogP) is 1.45. The van der Waals surface area contributed by atoms with E-state index in [0.29, 0.717) is 12.2 Å². The molecule has 1 aromatic carbocycles. The first-order valence-electron chi connectivity index (χ1n) is 6.41. The fourth-order valence-corrected chi connectivity index (χ4v) is 2.28. The minimum absolute atomic E-state index is 0.535. The first-order chi connectivity index (χ1) is 9.79. The standard InChI is InChI=1S/C14H16N6/c1-20(7-11-5-3-2-4-10(11)6-15)14-12-13(17-8-16-12)18-9-19-14/h2-5,8-9H,6-7,15H2,1H3,(H,16,17,18,19). The Morgan fingerprint density at radius 2 is 1.95 bits per heavy atom. The van der Waals surface area contributed by atoms with Crippen molar-refractivity contribution in [3.05, 3.63) is 48.0 Å². The number of benzene rings is 1. The summed E-state index contributed by atoms with van der Waals surface area (Å²) >= 11 is 0. The van der Waals surface area contributed by atoms with Crippen molar-refractivity contribution in [1.82, 2.24) is 19.9 Å². The minimum atomic E-state index is 0.535. The first kappa shape index (κ1) is 12.6. The molecular weight excluding hydrogens is 252 g/mol. The third-order valence-corrected chi connectivity index (χ3v) is 3.31. The Kier molecular flexibility index (Phi) is 3.30. The van der Waals surface area contributed by atoms with Crippen molar-refractivity contribution in [2.75, 3.05) is 11.9 Å². The molecular formula is C14H16N6. The molecule has 0 saturated carbocycles. The van der Waals surface area contributed by atoms with Crippen molar-refractivity contribution in [3.63, 3.8) is 0 Å². The fourth-order valence-electron chi connectivity index (χ4n) is 2.28. The second-order valence-electron chi connectivity index (χ2n) is 4.63. The van der Waals surface area contributed by atoms with Crippen molar-refractivity contribution in [3.8, 4) is 0 Å². The smallest absolute Gasteiger partial charge is 0.182 e. The number of rotatable bonds is 4. The average Bonchev–Trinajstić information content (AvgIpc) is 2.96. The molecule has 0 saturated heterocycles. The molecule has 2 aromatic heterocycles. The lowest BCUT2D eigenvalue weighted by atomic mass is 10.1. The first-order valence-corrected chi connectivity index (χ1v) is 6.41. The zero-order valence-corrected chi connectivity index (χ0v) is 11.2. The summed E-state index contributed by atoms with van der Waals surface area (Å²) in [6.07, 6.45) is 3.16. The molecule has 2 heterocycles. The lowest BCUT2D eigenvalue weighted by molar-refractivity contribution is 0.876. The molecule has 0 amide bonds. The molecule has 0 unspecified atom stereocenters. The van der Waals surface area contributed by atoms with E-state index >= 15 is 0 Å². The van der Waals surface area contributed by atoms with E-state index < -0.39 is 0 Å². The summed E-state index contributed by atoms with van der Waals surface area (Å²) in [6, 6.07) is 8.16. The maximum Gasteiger partial charge on any atom is 0.182 e. The zero-order chi connectivity index (χ0) is 13.9. The van der Waals surface area contributed by atoms with Crippen LogP contribution in [0, 0.1) is 0 Å². The van der Waals surface area contributed by atoms with Gasteiger partial charge in [-0.25, -0.2) is 15.0 Å². The third kappa shape index (κ3) is 2.21. The normalized spacial score (nSPS) is 10.9.